The number of hydrogen-bond donors (Lipinski definition) is 1. The zero-order chi connectivity index (χ0) is 16.3. The van der Waals surface area contributed by atoms with Gasteiger partial charge in [-0.2, -0.15) is 0 Å². The van der Waals surface area contributed by atoms with Crippen molar-refractivity contribution in [3.8, 4) is 0 Å². The van der Waals surface area contributed by atoms with E-state index in [0.29, 0.717) is 0 Å². The Balaban J connectivity index is 1.64. The van der Waals surface area contributed by atoms with Gasteiger partial charge in [-0.05, 0) is 61.9 Å². The standard InChI is InChI=1S/C19H29N3O/c1-19(14-20)8-11-21(15-19)13-16-6-5-7-17(12-16)18(23)22-9-3-2-4-10-22/h5-7,12H,2-4,8-11,13-15,20H2,1H3. The summed E-state index contributed by atoms with van der Waals surface area (Å²) < 4.78 is 0. The highest BCUT2D eigenvalue weighted by Crippen LogP contribution is 2.29. The Morgan fingerprint density at radius 3 is 2.70 bits per heavy atom. The number of amides is 1. The van der Waals surface area contributed by atoms with Crippen LogP contribution in [-0.2, 0) is 6.54 Å². The first-order chi connectivity index (χ1) is 11.1. The first-order valence-corrected chi connectivity index (χ1v) is 8.90. The lowest BCUT2D eigenvalue weighted by Crippen LogP contribution is -2.35. The van der Waals surface area contributed by atoms with Crippen molar-refractivity contribution in [1.29, 1.82) is 0 Å². The number of benzene rings is 1. The third-order valence-electron chi connectivity index (χ3n) is 5.35. The molecule has 126 valence electrons. The van der Waals surface area contributed by atoms with Crippen molar-refractivity contribution in [1.82, 2.24) is 9.80 Å². The summed E-state index contributed by atoms with van der Waals surface area (Å²) >= 11 is 0. The Morgan fingerprint density at radius 2 is 2.00 bits per heavy atom. The minimum atomic E-state index is 0.194. The number of rotatable bonds is 4. The Hall–Kier alpha value is -1.39. The molecule has 4 nitrogen and oxygen atoms in total. The lowest BCUT2D eigenvalue weighted by Gasteiger charge is -2.27. The molecular weight excluding hydrogens is 286 g/mol. The van der Waals surface area contributed by atoms with Crippen LogP contribution in [0.25, 0.3) is 0 Å². The van der Waals surface area contributed by atoms with Crippen molar-refractivity contribution >= 4 is 5.91 Å². The second-order valence-corrected chi connectivity index (χ2v) is 7.53. The van der Waals surface area contributed by atoms with Crippen molar-refractivity contribution in [3.05, 3.63) is 35.4 Å². The van der Waals surface area contributed by atoms with Crippen LogP contribution in [0.2, 0.25) is 0 Å². The number of likely N-dealkylation sites (tertiary alicyclic amines) is 2. The number of carbonyl (C=O) groups is 1. The van der Waals surface area contributed by atoms with E-state index in [9.17, 15) is 4.79 Å². The molecule has 0 bridgehead atoms. The smallest absolute Gasteiger partial charge is 0.253 e. The van der Waals surface area contributed by atoms with E-state index >= 15 is 0 Å². The molecule has 0 aromatic heterocycles. The molecule has 1 unspecified atom stereocenters. The van der Waals surface area contributed by atoms with Crippen LogP contribution < -0.4 is 5.73 Å². The lowest BCUT2D eigenvalue weighted by atomic mass is 9.90. The average Bonchev–Trinajstić information content (AvgIpc) is 2.97. The number of nitrogens with two attached hydrogens (primary N) is 1. The molecule has 2 fully saturated rings. The van der Waals surface area contributed by atoms with Gasteiger partial charge in [0.25, 0.3) is 5.91 Å². The summed E-state index contributed by atoms with van der Waals surface area (Å²) in [5.74, 6) is 0.194. The number of nitrogens with zero attached hydrogens (tertiary/aromatic N) is 2. The molecule has 2 N–H and O–H groups in total. The normalized spacial score (nSPS) is 25.7. The summed E-state index contributed by atoms with van der Waals surface area (Å²) in [5.41, 5.74) is 8.21. The van der Waals surface area contributed by atoms with Gasteiger partial charge in [-0.1, -0.05) is 19.1 Å². The molecular formula is C19H29N3O. The lowest BCUT2D eigenvalue weighted by molar-refractivity contribution is 0.0724. The highest BCUT2D eigenvalue weighted by Gasteiger charge is 2.32. The van der Waals surface area contributed by atoms with Gasteiger partial charge in [-0.25, -0.2) is 0 Å². The highest BCUT2D eigenvalue weighted by molar-refractivity contribution is 5.94. The quantitative estimate of drug-likeness (QED) is 0.928. The van der Waals surface area contributed by atoms with E-state index < -0.39 is 0 Å². The molecule has 4 heteroatoms. The van der Waals surface area contributed by atoms with Crippen LogP contribution in [0.3, 0.4) is 0 Å². The topological polar surface area (TPSA) is 49.6 Å². The molecule has 1 aromatic carbocycles. The van der Waals surface area contributed by atoms with Gasteiger partial charge in [0.05, 0.1) is 0 Å². The van der Waals surface area contributed by atoms with Gasteiger partial charge >= 0.3 is 0 Å². The zero-order valence-electron chi connectivity index (χ0n) is 14.3. The molecule has 23 heavy (non-hydrogen) atoms. The number of piperidine rings is 1. The molecule has 0 radical (unpaired) electrons. The van der Waals surface area contributed by atoms with Gasteiger partial charge in [-0.15, -0.1) is 0 Å². The van der Waals surface area contributed by atoms with Crippen LogP contribution in [0.5, 0.6) is 0 Å². The number of carbonyl (C=O) groups excluding carboxylic acids is 1. The predicted molar refractivity (Wildman–Crippen MR) is 93.3 cm³/mol. The van der Waals surface area contributed by atoms with Crippen molar-refractivity contribution in [2.24, 2.45) is 11.1 Å². The molecule has 0 saturated carbocycles. The molecule has 0 spiro atoms. The summed E-state index contributed by atoms with van der Waals surface area (Å²) in [6.45, 7) is 7.89. The maximum absolute atomic E-state index is 12.6. The zero-order valence-corrected chi connectivity index (χ0v) is 14.3. The summed E-state index contributed by atoms with van der Waals surface area (Å²) in [6.07, 6.45) is 4.68. The van der Waals surface area contributed by atoms with Crippen LogP contribution in [0.4, 0.5) is 0 Å². The fraction of sp³-hybridized carbons (Fsp3) is 0.632. The summed E-state index contributed by atoms with van der Waals surface area (Å²) in [5, 5.41) is 0. The second-order valence-electron chi connectivity index (χ2n) is 7.53. The maximum Gasteiger partial charge on any atom is 0.253 e. The van der Waals surface area contributed by atoms with Gasteiger partial charge in [0.1, 0.15) is 0 Å². The summed E-state index contributed by atoms with van der Waals surface area (Å²) in [6, 6.07) is 8.18. The van der Waals surface area contributed by atoms with E-state index in [2.05, 4.69) is 24.0 Å². The average molecular weight is 315 g/mol. The van der Waals surface area contributed by atoms with E-state index in [4.69, 9.17) is 5.73 Å². The second kappa shape index (κ2) is 7.02. The highest BCUT2D eigenvalue weighted by atomic mass is 16.2. The number of hydrogen-bond acceptors (Lipinski definition) is 3. The van der Waals surface area contributed by atoms with Gasteiger partial charge in [0.15, 0.2) is 0 Å². The Bertz CT molecular complexity index is 553. The van der Waals surface area contributed by atoms with E-state index in [0.717, 1.165) is 64.1 Å². The van der Waals surface area contributed by atoms with Crippen molar-refractivity contribution in [3.63, 3.8) is 0 Å². The Morgan fingerprint density at radius 1 is 1.22 bits per heavy atom. The molecule has 2 heterocycles. The molecule has 1 amide bonds. The predicted octanol–water partition coefficient (Wildman–Crippen LogP) is 2.48. The molecule has 3 rings (SSSR count). The summed E-state index contributed by atoms with van der Waals surface area (Å²) in [7, 11) is 0. The first kappa shape index (κ1) is 16.5. The Kier molecular flexibility index (Phi) is 5.02. The van der Waals surface area contributed by atoms with E-state index in [1.54, 1.807) is 0 Å². The molecule has 0 aliphatic carbocycles. The summed E-state index contributed by atoms with van der Waals surface area (Å²) in [4.78, 5) is 17.1. The SMILES string of the molecule is CC1(CN)CCN(Cc2cccc(C(=O)N3CCCCC3)c2)C1. The third kappa shape index (κ3) is 3.93. The molecule has 2 saturated heterocycles. The van der Waals surface area contributed by atoms with Gasteiger partial charge < -0.3 is 10.6 Å². The maximum atomic E-state index is 12.6. The Labute approximate surface area is 139 Å². The third-order valence-corrected chi connectivity index (χ3v) is 5.35. The minimum absolute atomic E-state index is 0.194. The van der Waals surface area contributed by atoms with Crippen molar-refractivity contribution in [2.75, 3.05) is 32.7 Å². The van der Waals surface area contributed by atoms with Crippen LogP contribution >= 0.6 is 0 Å². The van der Waals surface area contributed by atoms with E-state index in [-0.39, 0.29) is 11.3 Å². The van der Waals surface area contributed by atoms with Crippen LogP contribution in [0.1, 0.15) is 48.5 Å². The van der Waals surface area contributed by atoms with E-state index in [1.165, 1.54) is 12.0 Å². The van der Waals surface area contributed by atoms with Gasteiger partial charge in [0, 0.05) is 31.7 Å². The molecule has 2 aliphatic heterocycles. The fourth-order valence-corrected chi connectivity index (χ4v) is 3.77. The molecule has 2 aliphatic rings. The molecule has 1 atom stereocenters. The largest absolute Gasteiger partial charge is 0.339 e. The fourth-order valence-electron chi connectivity index (χ4n) is 3.77. The minimum Gasteiger partial charge on any atom is -0.339 e. The van der Waals surface area contributed by atoms with Gasteiger partial charge in [0.2, 0.25) is 0 Å². The van der Waals surface area contributed by atoms with Crippen molar-refractivity contribution < 1.29 is 4.79 Å². The molecule has 1 aromatic rings. The van der Waals surface area contributed by atoms with Crippen LogP contribution in [-0.4, -0.2) is 48.4 Å². The van der Waals surface area contributed by atoms with Crippen LogP contribution in [0.15, 0.2) is 24.3 Å². The van der Waals surface area contributed by atoms with Crippen LogP contribution in [0, 0.1) is 5.41 Å². The van der Waals surface area contributed by atoms with E-state index in [1.807, 2.05) is 17.0 Å². The first-order valence-electron chi connectivity index (χ1n) is 8.90. The monoisotopic (exact) mass is 315 g/mol. The van der Waals surface area contributed by atoms with Crippen molar-refractivity contribution in [2.45, 2.75) is 39.2 Å². The van der Waals surface area contributed by atoms with Gasteiger partial charge in [-0.3, -0.25) is 9.69 Å².